The molecule has 1 saturated carbocycles. The zero-order valence-electron chi connectivity index (χ0n) is 16.5. The molecule has 1 heterocycles. The van der Waals surface area contributed by atoms with E-state index in [0.717, 1.165) is 30.6 Å². The van der Waals surface area contributed by atoms with Crippen molar-refractivity contribution < 1.29 is 28.7 Å². The van der Waals surface area contributed by atoms with Gasteiger partial charge in [0.1, 0.15) is 12.1 Å². The first-order valence-corrected chi connectivity index (χ1v) is 9.67. The third kappa shape index (κ3) is 4.79. The van der Waals surface area contributed by atoms with Crippen molar-refractivity contribution in [2.45, 2.75) is 77.0 Å². The van der Waals surface area contributed by atoms with Crippen LogP contribution in [0.1, 0.15) is 59.3 Å². The van der Waals surface area contributed by atoms with Crippen LogP contribution < -0.4 is 16.0 Å². The predicted octanol–water partition coefficient (Wildman–Crippen LogP) is 0.797. The molecule has 0 aromatic heterocycles. The number of carbonyl (C=O) groups is 5. The van der Waals surface area contributed by atoms with E-state index in [1.807, 2.05) is 0 Å². The first-order valence-electron chi connectivity index (χ1n) is 9.67. The molecule has 0 radical (unpaired) electrons. The Morgan fingerprint density at radius 3 is 2.36 bits per heavy atom. The van der Waals surface area contributed by atoms with E-state index in [1.165, 1.54) is 6.92 Å². The van der Waals surface area contributed by atoms with Crippen LogP contribution in [0.4, 0.5) is 9.59 Å². The Balaban J connectivity index is 1.83. The molecule has 1 saturated heterocycles. The number of ether oxygens (including phenoxy) is 1. The molecular weight excluding hydrogens is 368 g/mol. The van der Waals surface area contributed by atoms with Crippen LogP contribution in [0.3, 0.4) is 0 Å². The number of carbonyl (C=O) groups excluding carboxylic acids is 5. The van der Waals surface area contributed by atoms with E-state index < -0.39 is 48.0 Å². The van der Waals surface area contributed by atoms with Crippen LogP contribution in [0.5, 0.6) is 0 Å². The summed E-state index contributed by atoms with van der Waals surface area (Å²) in [5.74, 6) is -2.18. The third-order valence-electron chi connectivity index (χ3n) is 5.34. The molecule has 1 atom stereocenters. The first kappa shape index (κ1) is 21.6. The summed E-state index contributed by atoms with van der Waals surface area (Å²) in [7, 11) is 0. The van der Waals surface area contributed by atoms with E-state index in [9.17, 15) is 24.0 Å². The van der Waals surface area contributed by atoms with Crippen molar-refractivity contribution in [2.24, 2.45) is 0 Å². The lowest BCUT2D eigenvalue weighted by Gasteiger charge is -2.23. The normalized spacial score (nSPS) is 19.9. The fourth-order valence-corrected chi connectivity index (χ4v) is 3.47. The Bertz CT molecular complexity index is 654. The van der Waals surface area contributed by atoms with E-state index in [1.54, 1.807) is 13.8 Å². The molecule has 0 bridgehead atoms. The smallest absolute Gasteiger partial charge is 0.327 e. The van der Waals surface area contributed by atoms with Crippen molar-refractivity contribution in [1.82, 2.24) is 20.9 Å². The summed E-state index contributed by atoms with van der Waals surface area (Å²) in [6.45, 7) is 4.25. The van der Waals surface area contributed by atoms with E-state index >= 15 is 0 Å². The molecule has 1 aliphatic carbocycles. The maximum absolute atomic E-state index is 12.5. The summed E-state index contributed by atoms with van der Waals surface area (Å²) in [4.78, 5) is 61.2. The van der Waals surface area contributed by atoms with Gasteiger partial charge in [0.25, 0.3) is 11.8 Å². The standard InChI is InChI=1S/C18H28N4O6/c1-4-18(5-2)15(25)22(17(27)21-18)10-13(23)28-11(3)14(24)20-16(26)19-12-8-6-7-9-12/h11-12H,4-10H2,1-3H3,(H,21,27)(H2,19,20,24,26)/t11-/m0/s1. The van der Waals surface area contributed by atoms with Crippen LogP contribution in [0.15, 0.2) is 0 Å². The topological polar surface area (TPSA) is 134 Å². The fraction of sp³-hybridized carbons (Fsp3) is 0.722. The number of rotatable bonds is 7. The highest BCUT2D eigenvalue weighted by Gasteiger charge is 2.49. The molecule has 6 amide bonds. The monoisotopic (exact) mass is 396 g/mol. The third-order valence-corrected chi connectivity index (χ3v) is 5.34. The second-order valence-corrected chi connectivity index (χ2v) is 7.19. The lowest BCUT2D eigenvalue weighted by Crippen LogP contribution is -2.48. The summed E-state index contributed by atoms with van der Waals surface area (Å²) < 4.78 is 4.97. The molecule has 2 aliphatic rings. The maximum atomic E-state index is 12.5. The summed E-state index contributed by atoms with van der Waals surface area (Å²) in [5.41, 5.74) is -1.02. The zero-order chi connectivity index (χ0) is 20.9. The average Bonchev–Trinajstić information content (AvgIpc) is 3.23. The number of urea groups is 2. The Kier molecular flexibility index (Phi) is 6.98. The average molecular weight is 396 g/mol. The van der Waals surface area contributed by atoms with Gasteiger partial charge in [0.15, 0.2) is 6.10 Å². The number of esters is 1. The van der Waals surface area contributed by atoms with E-state index in [2.05, 4.69) is 16.0 Å². The van der Waals surface area contributed by atoms with Crippen molar-refractivity contribution in [3.63, 3.8) is 0 Å². The Labute approximate surface area is 163 Å². The molecule has 0 spiro atoms. The van der Waals surface area contributed by atoms with Gasteiger partial charge in [-0.05, 0) is 32.6 Å². The van der Waals surface area contributed by atoms with Gasteiger partial charge in [-0.2, -0.15) is 0 Å². The second kappa shape index (κ2) is 9.03. The SMILES string of the molecule is CCC1(CC)NC(=O)N(CC(=O)O[C@@H](C)C(=O)NC(=O)NC2CCCC2)C1=O. The molecule has 1 aliphatic heterocycles. The highest BCUT2D eigenvalue weighted by Crippen LogP contribution is 2.24. The molecule has 0 unspecified atom stereocenters. The van der Waals surface area contributed by atoms with Gasteiger partial charge in [0, 0.05) is 6.04 Å². The summed E-state index contributed by atoms with van der Waals surface area (Å²) in [6.07, 6.45) is 3.36. The largest absolute Gasteiger partial charge is 0.451 e. The Hall–Kier alpha value is -2.65. The number of hydrogen-bond acceptors (Lipinski definition) is 6. The van der Waals surface area contributed by atoms with Crippen LogP contribution >= 0.6 is 0 Å². The number of nitrogens with zero attached hydrogens (tertiary/aromatic N) is 1. The van der Waals surface area contributed by atoms with Crippen molar-refractivity contribution in [2.75, 3.05) is 6.54 Å². The Morgan fingerprint density at radius 1 is 1.21 bits per heavy atom. The number of amides is 6. The van der Waals surface area contributed by atoms with Gasteiger partial charge in [0.2, 0.25) is 0 Å². The molecule has 2 rings (SSSR count). The molecule has 28 heavy (non-hydrogen) atoms. The van der Waals surface area contributed by atoms with Gasteiger partial charge < -0.3 is 15.4 Å². The minimum atomic E-state index is -1.25. The molecule has 3 N–H and O–H groups in total. The molecule has 10 heteroatoms. The van der Waals surface area contributed by atoms with Crippen molar-refractivity contribution in [1.29, 1.82) is 0 Å². The van der Waals surface area contributed by atoms with Gasteiger partial charge in [-0.3, -0.25) is 24.6 Å². The van der Waals surface area contributed by atoms with E-state index in [0.29, 0.717) is 12.8 Å². The lowest BCUT2D eigenvalue weighted by molar-refractivity contribution is -0.156. The molecule has 0 aromatic carbocycles. The highest BCUT2D eigenvalue weighted by atomic mass is 16.5. The van der Waals surface area contributed by atoms with Crippen molar-refractivity contribution in [3.8, 4) is 0 Å². The van der Waals surface area contributed by atoms with Crippen LogP contribution in [0, 0.1) is 0 Å². The van der Waals surface area contributed by atoms with Crippen LogP contribution in [-0.2, 0) is 19.1 Å². The van der Waals surface area contributed by atoms with Gasteiger partial charge in [0.05, 0.1) is 0 Å². The van der Waals surface area contributed by atoms with Gasteiger partial charge in [-0.15, -0.1) is 0 Å². The minimum Gasteiger partial charge on any atom is -0.451 e. The summed E-state index contributed by atoms with van der Waals surface area (Å²) in [6, 6.07) is -1.26. The van der Waals surface area contributed by atoms with Gasteiger partial charge in [-0.25, -0.2) is 9.59 Å². The number of nitrogens with one attached hydrogen (secondary N) is 3. The van der Waals surface area contributed by atoms with Gasteiger partial charge >= 0.3 is 18.0 Å². The van der Waals surface area contributed by atoms with Crippen molar-refractivity contribution >= 4 is 29.8 Å². The van der Waals surface area contributed by atoms with Gasteiger partial charge in [-0.1, -0.05) is 26.7 Å². The Morgan fingerprint density at radius 2 is 1.82 bits per heavy atom. The lowest BCUT2D eigenvalue weighted by atomic mass is 9.93. The van der Waals surface area contributed by atoms with Crippen LogP contribution in [0.25, 0.3) is 0 Å². The van der Waals surface area contributed by atoms with E-state index in [4.69, 9.17) is 4.74 Å². The van der Waals surface area contributed by atoms with Crippen LogP contribution in [0.2, 0.25) is 0 Å². The maximum Gasteiger partial charge on any atom is 0.327 e. The molecule has 156 valence electrons. The zero-order valence-corrected chi connectivity index (χ0v) is 16.5. The number of hydrogen-bond donors (Lipinski definition) is 3. The summed E-state index contributed by atoms with van der Waals surface area (Å²) >= 11 is 0. The van der Waals surface area contributed by atoms with Crippen LogP contribution in [-0.4, -0.2) is 59.0 Å². The fourth-order valence-electron chi connectivity index (χ4n) is 3.47. The molecule has 10 nitrogen and oxygen atoms in total. The summed E-state index contributed by atoms with van der Waals surface area (Å²) in [5, 5.41) is 7.43. The van der Waals surface area contributed by atoms with Crippen molar-refractivity contribution in [3.05, 3.63) is 0 Å². The molecular formula is C18H28N4O6. The molecule has 0 aromatic rings. The highest BCUT2D eigenvalue weighted by molar-refractivity contribution is 6.08. The number of imide groups is 2. The minimum absolute atomic E-state index is 0.0442. The predicted molar refractivity (Wildman–Crippen MR) is 98.0 cm³/mol. The van der Waals surface area contributed by atoms with E-state index in [-0.39, 0.29) is 6.04 Å². The quantitative estimate of drug-likeness (QED) is 0.430. The first-order chi connectivity index (χ1) is 13.2. The second-order valence-electron chi connectivity index (χ2n) is 7.19. The molecule has 2 fully saturated rings.